The van der Waals surface area contributed by atoms with Crippen molar-refractivity contribution in [3.63, 3.8) is 0 Å². The van der Waals surface area contributed by atoms with Gasteiger partial charge < -0.3 is 10.6 Å². The lowest BCUT2D eigenvalue weighted by Crippen LogP contribution is -2.30. The van der Waals surface area contributed by atoms with E-state index in [0.717, 1.165) is 16.1 Å². The average molecular weight is 335 g/mol. The minimum absolute atomic E-state index is 0.0534. The van der Waals surface area contributed by atoms with Gasteiger partial charge in [0.05, 0.1) is 12.2 Å². The molecular formula is C17H19ClN2OS. The first-order valence-electron chi connectivity index (χ1n) is 7.02. The highest BCUT2D eigenvalue weighted by molar-refractivity contribution is 7.98. The van der Waals surface area contributed by atoms with Crippen LogP contribution in [0.1, 0.15) is 18.5 Å². The summed E-state index contributed by atoms with van der Waals surface area (Å²) in [5.74, 6) is -0.0534. The van der Waals surface area contributed by atoms with Crippen LogP contribution >= 0.6 is 23.4 Å². The lowest BCUT2D eigenvalue weighted by Gasteiger charge is -2.15. The fourth-order valence-corrected chi connectivity index (χ4v) is 2.74. The molecule has 0 bridgehead atoms. The third-order valence-corrected chi connectivity index (χ3v) is 4.37. The summed E-state index contributed by atoms with van der Waals surface area (Å²) < 4.78 is 0. The van der Waals surface area contributed by atoms with Crippen LogP contribution < -0.4 is 10.6 Å². The van der Waals surface area contributed by atoms with Gasteiger partial charge in [0.1, 0.15) is 0 Å². The van der Waals surface area contributed by atoms with Crippen LogP contribution in [0.4, 0.5) is 5.69 Å². The molecule has 0 saturated heterocycles. The van der Waals surface area contributed by atoms with E-state index < -0.39 is 0 Å². The minimum Gasteiger partial charge on any atom is -0.324 e. The van der Waals surface area contributed by atoms with Gasteiger partial charge in [0.15, 0.2) is 0 Å². The molecule has 116 valence electrons. The van der Waals surface area contributed by atoms with Gasteiger partial charge in [0, 0.05) is 16.0 Å². The number of para-hydroxylation sites is 1. The fourth-order valence-electron chi connectivity index (χ4n) is 2.06. The van der Waals surface area contributed by atoms with Crippen molar-refractivity contribution in [2.75, 3.05) is 18.1 Å². The van der Waals surface area contributed by atoms with Gasteiger partial charge in [-0.15, -0.1) is 11.8 Å². The first-order chi connectivity index (χ1) is 10.6. The van der Waals surface area contributed by atoms with E-state index in [0.29, 0.717) is 5.02 Å². The number of thioether (sulfide) groups is 1. The first kappa shape index (κ1) is 16.9. The van der Waals surface area contributed by atoms with Crippen LogP contribution in [0.25, 0.3) is 0 Å². The first-order valence-corrected chi connectivity index (χ1v) is 8.62. The molecule has 0 aliphatic carbocycles. The van der Waals surface area contributed by atoms with E-state index in [4.69, 9.17) is 11.6 Å². The molecule has 2 rings (SSSR count). The minimum atomic E-state index is -0.0534. The topological polar surface area (TPSA) is 41.1 Å². The van der Waals surface area contributed by atoms with Gasteiger partial charge in [0.25, 0.3) is 0 Å². The Morgan fingerprint density at radius 3 is 2.55 bits per heavy atom. The smallest absolute Gasteiger partial charge is 0.238 e. The Kier molecular flexibility index (Phi) is 6.31. The van der Waals surface area contributed by atoms with Crippen molar-refractivity contribution in [2.45, 2.75) is 17.9 Å². The highest BCUT2D eigenvalue weighted by Crippen LogP contribution is 2.24. The predicted octanol–water partition coefficient (Wildman–Crippen LogP) is 4.35. The van der Waals surface area contributed by atoms with Gasteiger partial charge in [-0.1, -0.05) is 35.9 Å². The van der Waals surface area contributed by atoms with Crippen molar-refractivity contribution in [1.29, 1.82) is 0 Å². The Labute approximate surface area is 140 Å². The Bertz CT molecular complexity index is 631. The highest BCUT2D eigenvalue weighted by atomic mass is 35.5. The maximum absolute atomic E-state index is 12.1. The molecule has 0 aromatic heterocycles. The summed E-state index contributed by atoms with van der Waals surface area (Å²) >= 11 is 7.49. The average Bonchev–Trinajstić information content (AvgIpc) is 2.54. The number of benzene rings is 2. The van der Waals surface area contributed by atoms with Crippen molar-refractivity contribution in [3.8, 4) is 0 Å². The monoisotopic (exact) mass is 334 g/mol. The molecule has 1 amide bonds. The van der Waals surface area contributed by atoms with Gasteiger partial charge in [0.2, 0.25) is 5.91 Å². The van der Waals surface area contributed by atoms with Gasteiger partial charge >= 0.3 is 0 Å². The molecule has 0 heterocycles. The molecule has 0 spiro atoms. The van der Waals surface area contributed by atoms with E-state index in [-0.39, 0.29) is 18.5 Å². The molecule has 2 N–H and O–H groups in total. The second-order valence-electron chi connectivity index (χ2n) is 4.90. The van der Waals surface area contributed by atoms with Crippen LogP contribution in [0.5, 0.6) is 0 Å². The van der Waals surface area contributed by atoms with E-state index in [2.05, 4.69) is 10.6 Å². The van der Waals surface area contributed by atoms with E-state index in [9.17, 15) is 4.79 Å². The molecule has 0 aliphatic heterocycles. The van der Waals surface area contributed by atoms with E-state index in [1.165, 1.54) is 0 Å². The van der Waals surface area contributed by atoms with Gasteiger partial charge in [-0.2, -0.15) is 0 Å². The van der Waals surface area contributed by atoms with E-state index >= 15 is 0 Å². The highest BCUT2D eigenvalue weighted by Gasteiger charge is 2.09. The summed E-state index contributed by atoms with van der Waals surface area (Å²) in [6, 6.07) is 15.5. The maximum atomic E-state index is 12.1. The van der Waals surface area contributed by atoms with Crippen molar-refractivity contribution in [2.24, 2.45) is 0 Å². The van der Waals surface area contributed by atoms with Gasteiger partial charge in [-0.25, -0.2) is 0 Å². The van der Waals surface area contributed by atoms with E-state index in [1.54, 1.807) is 11.8 Å². The van der Waals surface area contributed by atoms with Crippen molar-refractivity contribution >= 4 is 35.0 Å². The van der Waals surface area contributed by atoms with Crippen LogP contribution in [-0.4, -0.2) is 18.7 Å². The second-order valence-corrected chi connectivity index (χ2v) is 6.19. The summed E-state index contributed by atoms with van der Waals surface area (Å²) in [6.07, 6.45) is 1.99. The fraction of sp³-hybridized carbons (Fsp3) is 0.235. The zero-order chi connectivity index (χ0) is 15.9. The van der Waals surface area contributed by atoms with E-state index in [1.807, 2.05) is 61.7 Å². The molecule has 0 fully saturated rings. The number of carbonyl (C=O) groups excluding carboxylic acids is 1. The van der Waals surface area contributed by atoms with Crippen LogP contribution in [0.15, 0.2) is 53.4 Å². The normalized spacial score (nSPS) is 12.0. The standard InChI is InChI=1S/C17H19ClN2OS/c1-12(13-7-9-14(18)10-8-13)19-11-17(21)20-15-5-3-4-6-16(15)22-2/h3-10,12,19H,11H2,1-2H3,(H,20,21)/t12-/m1/s1. The number of carbonyl (C=O) groups is 1. The lowest BCUT2D eigenvalue weighted by molar-refractivity contribution is -0.115. The summed E-state index contributed by atoms with van der Waals surface area (Å²) in [4.78, 5) is 13.1. The lowest BCUT2D eigenvalue weighted by atomic mass is 10.1. The number of anilines is 1. The molecule has 0 unspecified atom stereocenters. The molecule has 0 radical (unpaired) electrons. The molecule has 5 heteroatoms. The zero-order valence-electron chi connectivity index (χ0n) is 12.6. The molecule has 2 aromatic rings. The quantitative estimate of drug-likeness (QED) is 0.771. The Balaban J connectivity index is 1.88. The number of nitrogens with one attached hydrogen (secondary N) is 2. The van der Waals surface area contributed by atoms with Gasteiger partial charge in [-0.3, -0.25) is 4.79 Å². The number of hydrogen-bond donors (Lipinski definition) is 2. The molecule has 3 nitrogen and oxygen atoms in total. The molecule has 22 heavy (non-hydrogen) atoms. The van der Waals surface area contributed by atoms with Crippen LogP contribution in [0.3, 0.4) is 0 Å². The van der Waals surface area contributed by atoms with Crippen LogP contribution in [0, 0.1) is 0 Å². The molecule has 1 atom stereocenters. The number of rotatable bonds is 6. The molecular weight excluding hydrogens is 316 g/mol. The molecule has 0 saturated carbocycles. The van der Waals surface area contributed by atoms with Crippen LogP contribution in [0.2, 0.25) is 5.02 Å². The SMILES string of the molecule is CSc1ccccc1NC(=O)CN[C@H](C)c1ccc(Cl)cc1. The number of amides is 1. The number of hydrogen-bond acceptors (Lipinski definition) is 3. The predicted molar refractivity (Wildman–Crippen MR) is 94.7 cm³/mol. The third kappa shape index (κ3) is 4.77. The zero-order valence-corrected chi connectivity index (χ0v) is 14.2. The second kappa shape index (κ2) is 8.22. The molecule has 0 aliphatic rings. The van der Waals surface area contributed by atoms with Gasteiger partial charge in [-0.05, 0) is 43.0 Å². The largest absolute Gasteiger partial charge is 0.324 e. The maximum Gasteiger partial charge on any atom is 0.238 e. The Morgan fingerprint density at radius 1 is 1.18 bits per heavy atom. The van der Waals surface area contributed by atoms with Crippen LogP contribution in [-0.2, 0) is 4.79 Å². The van der Waals surface area contributed by atoms with Crippen molar-refractivity contribution in [1.82, 2.24) is 5.32 Å². The number of halogens is 1. The molecule has 2 aromatic carbocycles. The van der Waals surface area contributed by atoms with Crippen molar-refractivity contribution in [3.05, 3.63) is 59.1 Å². The Hall–Kier alpha value is -1.49. The summed E-state index contributed by atoms with van der Waals surface area (Å²) in [6.45, 7) is 2.28. The third-order valence-electron chi connectivity index (χ3n) is 3.32. The summed E-state index contributed by atoms with van der Waals surface area (Å²) in [5, 5.41) is 6.86. The summed E-state index contributed by atoms with van der Waals surface area (Å²) in [7, 11) is 0. The summed E-state index contributed by atoms with van der Waals surface area (Å²) in [5.41, 5.74) is 1.95. The Morgan fingerprint density at radius 2 is 1.86 bits per heavy atom. The van der Waals surface area contributed by atoms with Crippen molar-refractivity contribution < 1.29 is 4.79 Å².